The minimum Gasteiger partial charge on any atom is -0.318 e. The Morgan fingerprint density at radius 1 is 0.667 bits per heavy atom. The van der Waals surface area contributed by atoms with E-state index in [0.717, 1.165) is 45.5 Å². The molecule has 0 spiro atoms. The van der Waals surface area contributed by atoms with E-state index in [2.05, 4.69) is 114 Å². The van der Waals surface area contributed by atoms with Crippen LogP contribution in [0.15, 0.2) is 133 Å². The molecule has 36 heavy (non-hydrogen) atoms. The molecule has 0 aliphatic heterocycles. The van der Waals surface area contributed by atoms with Gasteiger partial charge in [-0.15, -0.1) is 0 Å². The number of carbonyl (C=O) groups excluding carboxylic acids is 1. The standard InChI is InChI=1S/C33H26N2O/c36-32-21-20-26(32)22-25-12-10-11-19-30(25)31-23-35(24-34-31)33(27-13-4-1-5-14-27,28-15-6-2-7-16-28)29-17-8-3-9-18-29/h1-19,22-24H,20-21H2/b26-22+. The van der Waals surface area contributed by atoms with Crippen molar-refractivity contribution >= 4 is 11.9 Å². The molecule has 3 nitrogen and oxygen atoms in total. The molecule has 3 heteroatoms. The van der Waals surface area contributed by atoms with Gasteiger partial charge < -0.3 is 4.57 Å². The number of nitrogens with zero attached hydrogens (tertiary/aromatic N) is 2. The number of hydrogen-bond acceptors (Lipinski definition) is 2. The highest BCUT2D eigenvalue weighted by Crippen LogP contribution is 2.41. The topological polar surface area (TPSA) is 34.9 Å². The maximum atomic E-state index is 12.0. The van der Waals surface area contributed by atoms with Gasteiger partial charge in [0, 0.05) is 18.2 Å². The summed E-state index contributed by atoms with van der Waals surface area (Å²) in [6, 6.07) is 39.9. The van der Waals surface area contributed by atoms with Crippen molar-refractivity contribution in [2.75, 3.05) is 0 Å². The molecule has 1 aromatic heterocycles. The number of carbonyl (C=O) groups is 1. The van der Waals surface area contributed by atoms with Gasteiger partial charge in [0.1, 0.15) is 5.54 Å². The van der Waals surface area contributed by atoms with E-state index in [9.17, 15) is 4.79 Å². The van der Waals surface area contributed by atoms with Gasteiger partial charge in [-0.05, 0) is 40.3 Å². The zero-order valence-corrected chi connectivity index (χ0v) is 19.9. The summed E-state index contributed by atoms with van der Waals surface area (Å²) in [4.78, 5) is 16.9. The number of benzene rings is 4. The molecule has 6 rings (SSSR count). The van der Waals surface area contributed by atoms with E-state index in [1.807, 2.05) is 24.5 Å². The van der Waals surface area contributed by atoms with E-state index >= 15 is 0 Å². The van der Waals surface area contributed by atoms with E-state index in [0.29, 0.717) is 6.42 Å². The molecule has 174 valence electrons. The molecule has 0 bridgehead atoms. The predicted molar refractivity (Wildman–Crippen MR) is 144 cm³/mol. The maximum absolute atomic E-state index is 12.0. The van der Waals surface area contributed by atoms with Crippen molar-refractivity contribution in [3.63, 3.8) is 0 Å². The lowest BCUT2D eigenvalue weighted by atomic mass is 9.77. The van der Waals surface area contributed by atoms with Crippen LogP contribution in [0, 0.1) is 0 Å². The number of aromatic nitrogens is 2. The molecule has 0 atom stereocenters. The fourth-order valence-corrected chi connectivity index (χ4v) is 5.20. The first-order valence-electron chi connectivity index (χ1n) is 12.3. The van der Waals surface area contributed by atoms with E-state index in [1.54, 1.807) is 0 Å². The minimum absolute atomic E-state index is 0.242. The number of rotatable bonds is 6. The summed E-state index contributed by atoms with van der Waals surface area (Å²) in [5.74, 6) is 0.242. The third-order valence-corrected chi connectivity index (χ3v) is 7.09. The Morgan fingerprint density at radius 2 is 1.19 bits per heavy atom. The van der Waals surface area contributed by atoms with Gasteiger partial charge in [-0.1, -0.05) is 115 Å². The summed E-state index contributed by atoms with van der Waals surface area (Å²) in [7, 11) is 0. The molecule has 0 unspecified atom stereocenters. The van der Waals surface area contributed by atoms with Crippen LogP contribution in [0.2, 0.25) is 0 Å². The van der Waals surface area contributed by atoms with Crippen molar-refractivity contribution in [2.24, 2.45) is 0 Å². The lowest BCUT2D eigenvalue weighted by Crippen LogP contribution is -2.36. The van der Waals surface area contributed by atoms with Crippen molar-refractivity contribution in [3.8, 4) is 11.3 Å². The molecule has 5 aromatic rings. The van der Waals surface area contributed by atoms with Gasteiger partial charge >= 0.3 is 0 Å². The molecule has 1 aliphatic carbocycles. The minimum atomic E-state index is -0.605. The van der Waals surface area contributed by atoms with E-state index in [-0.39, 0.29) is 5.78 Å². The monoisotopic (exact) mass is 466 g/mol. The van der Waals surface area contributed by atoms with Crippen LogP contribution in [0.4, 0.5) is 0 Å². The molecule has 0 radical (unpaired) electrons. The summed E-state index contributed by atoms with van der Waals surface area (Å²) < 4.78 is 2.22. The fraction of sp³-hybridized carbons (Fsp3) is 0.0909. The Balaban J connectivity index is 1.58. The highest BCUT2D eigenvalue weighted by molar-refractivity contribution is 6.05. The van der Waals surface area contributed by atoms with Crippen molar-refractivity contribution in [3.05, 3.63) is 156 Å². The Morgan fingerprint density at radius 3 is 1.69 bits per heavy atom. The summed E-state index contributed by atoms with van der Waals surface area (Å²) >= 11 is 0. The first-order chi connectivity index (χ1) is 17.8. The molecule has 0 saturated heterocycles. The molecular formula is C33H26N2O. The van der Waals surface area contributed by atoms with E-state index in [1.165, 1.54) is 0 Å². The zero-order chi connectivity index (χ0) is 24.4. The molecule has 0 N–H and O–H groups in total. The average molecular weight is 467 g/mol. The molecule has 1 saturated carbocycles. The first kappa shape index (κ1) is 22.0. The molecule has 1 fully saturated rings. The second kappa shape index (κ2) is 9.27. The van der Waals surface area contributed by atoms with Crippen LogP contribution in [0.25, 0.3) is 17.3 Å². The molecule has 4 aromatic carbocycles. The van der Waals surface area contributed by atoms with Gasteiger partial charge in [-0.25, -0.2) is 4.98 Å². The van der Waals surface area contributed by atoms with Gasteiger partial charge in [0.2, 0.25) is 0 Å². The fourth-order valence-electron chi connectivity index (χ4n) is 5.20. The molecule has 1 heterocycles. The van der Waals surface area contributed by atoms with Crippen LogP contribution >= 0.6 is 0 Å². The number of allylic oxidation sites excluding steroid dienone is 1. The SMILES string of the molecule is O=C1CC/C1=C\c1ccccc1-c1cn(C(c2ccccc2)(c2ccccc2)c2ccccc2)cn1. The Kier molecular flexibility index (Phi) is 5.67. The second-order valence-electron chi connectivity index (χ2n) is 9.15. The Hall–Kier alpha value is -4.50. The zero-order valence-electron chi connectivity index (χ0n) is 19.9. The van der Waals surface area contributed by atoms with Crippen LogP contribution in [-0.4, -0.2) is 15.3 Å². The summed E-state index contributed by atoms with van der Waals surface area (Å²) in [5, 5.41) is 0. The lowest BCUT2D eigenvalue weighted by Gasteiger charge is -2.37. The van der Waals surface area contributed by atoms with E-state index in [4.69, 9.17) is 4.98 Å². The van der Waals surface area contributed by atoms with Gasteiger partial charge in [0.05, 0.1) is 12.0 Å². The molecule has 0 amide bonds. The van der Waals surface area contributed by atoms with Crippen LogP contribution in [-0.2, 0) is 10.3 Å². The lowest BCUT2D eigenvalue weighted by molar-refractivity contribution is -0.118. The van der Waals surface area contributed by atoms with Crippen LogP contribution in [0.5, 0.6) is 0 Å². The summed E-state index contributed by atoms with van der Waals surface area (Å²) in [5.41, 5.74) is 6.68. The van der Waals surface area contributed by atoms with Gasteiger partial charge in [-0.3, -0.25) is 4.79 Å². The Bertz CT molecular complexity index is 1440. The summed E-state index contributed by atoms with van der Waals surface area (Å²) in [6.45, 7) is 0. The van der Waals surface area contributed by atoms with Crippen LogP contribution in [0.3, 0.4) is 0 Å². The first-order valence-corrected chi connectivity index (χ1v) is 12.3. The second-order valence-corrected chi connectivity index (χ2v) is 9.15. The average Bonchev–Trinajstić information content (AvgIpc) is 3.44. The van der Waals surface area contributed by atoms with Crippen molar-refractivity contribution < 1.29 is 4.79 Å². The highest BCUT2D eigenvalue weighted by atomic mass is 16.1. The third-order valence-electron chi connectivity index (χ3n) is 7.09. The normalized spacial score (nSPS) is 14.6. The number of hydrogen-bond donors (Lipinski definition) is 0. The quantitative estimate of drug-likeness (QED) is 0.197. The number of Topliss-reactive ketones (excluding diaryl/α,β-unsaturated/α-hetero) is 1. The molecule has 1 aliphatic rings. The Labute approximate surface area is 211 Å². The van der Waals surface area contributed by atoms with Gasteiger partial charge in [0.15, 0.2) is 5.78 Å². The smallest absolute Gasteiger partial charge is 0.159 e. The summed E-state index contributed by atoms with van der Waals surface area (Å²) in [6.07, 6.45) is 7.59. The van der Waals surface area contributed by atoms with Crippen molar-refractivity contribution in [1.82, 2.24) is 9.55 Å². The van der Waals surface area contributed by atoms with E-state index < -0.39 is 5.54 Å². The third kappa shape index (κ3) is 3.70. The van der Waals surface area contributed by atoms with Crippen LogP contribution in [0.1, 0.15) is 35.1 Å². The maximum Gasteiger partial charge on any atom is 0.159 e. The van der Waals surface area contributed by atoms with Crippen molar-refractivity contribution in [2.45, 2.75) is 18.4 Å². The molecular weight excluding hydrogens is 440 g/mol. The van der Waals surface area contributed by atoms with Crippen molar-refractivity contribution in [1.29, 1.82) is 0 Å². The number of imidazole rings is 1. The number of ketones is 1. The van der Waals surface area contributed by atoms with Gasteiger partial charge in [-0.2, -0.15) is 0 Å². The van der Waals surface area contributed by atoms with Crippen LogP contribution < -0.4 is 0 Å². The van der Waals surface area contributed by atoms with Gasteiger partial charge in [0.25, 0.3) is 0 Å². The highest BCUT2D eigenvalue weighted by Gasteiger charge is 2.38. The predicted octanol–water partition coefficient (Wildman–Crippen LogP) is 7.14. The largest absolute Gasteiger partial charge is 0.318 e.